The summed E-state index contributed by atoms with van der Waals surface area (Å²) in [6.45, 7) is 2.02. The molecule has 22 heavy (non-hydrogen) atoms. The number of carbonyl (C=O) groups is 1. The monoisotopic (exact) mass is 372 g/mol. The summed E-state index contributed by atoms with van der Waals surface area (Å²) in [5.41, 5.74) is 2.96. The van der Waals surface area contributed by atoms with Gasteiger partial charge in [0.1, 0.15) is 0 Å². The molecular formula is C17H13BrN2OS. The average Bonchev–Trinajstić information content (AvgIpc) is 2.79. The van der Waals surface area contributed by atoms with Crippen molar-refractivity contribution in [2.75, 3.05) is 0 Å². The summed E-state index contributed by atoms with van der Waals surface area (Å²) in [4.78, 5) is 17.2. The number of amides is 1. The van der Waals surface area contributed by atoms with Crippen molar-refractivity contribution >= 4 is 50.5 Å². The first-order valence-electron chi connectivity index (χ1n) is 6.72. The van der Waals surface area contributed by atoms with Crippen LogP contribution in [0.2, 0.25) is 0 Å². The van der Waals surface area contributed by atoms with Crippen LogP contribution >= 0.6 is 27.7 Å². The van der Waals surface area contributed by atoms with E-state index in [1.165, 1.54) is 11.8 Å². The number of carbonyl (C=O) groups excluding carboxylic acids is 1. The van der Waals surface area contributed by atoms with E-state index in [1.54, 1.807) is 0 Å². The van der Waals surface area contributed by atoms with E-state index >= 15 is 0 Å². The number of nitrogens with zero attached hydrogens (tertiary/aromatic N) is 1. The Balaban J connectivity index is 1.84. The summed E-state index contributed by atoms with van der Waals surface area (Å²) in [6.07, 6.45) is 1.86. The minimum Gasteiger partial charge on any atom is -0.300 e. The van der Waals surface area contributed by atoms with Gasteiger partial charge in [0.2, 0.25) is 0 Å². The molecule has 1 heterocycles. The number of thioether (sulfide) groups is 1. The topological polar surface area (TPSA) is 41.5 Å². The smallest absolute Gasteiger partial charge is 0.264 e. The molecule has 1 amide bonds. The number of hydrogen-bond acceptors (Lipinski definition) is 3. The molecule has 0 saturated carbocycles. The van der Waals surface area contributed by atoms with E-state index in [2.05, 4.69) is 26.2 Å². The first-order chi connectivity index (χ1) is 10.6. The predicted molar refractivity (Wildman–Crippen MR) is 96.1 cm³/mol. The third-order valence-corrected chi connectivity index (χ3v) is 4.43. The number of halogens is 1. The van der Waals surface area contributed by atoms with Gasteiger partial charge in [-0.15, -0.1) is 0 Å². The summed E-state index contributed by atoms with van der Waals surface area (Å²) >= 11 is 4.78. The number of nitrogens with one attached hydrogen (secondary N) is 1. The Morgan fingerprint density at radius 3 is 2.77 bits per heavy atom. The zero-order valence-corrected chi connectivity index (χ0v) is 14.2. The molecular weight excluding hydrogens is 360 g/mol. The molecule has 3 rings (SSSR count). The molecule has 1 N–H and O–H groups in total. The molecule has 2 aromatic rings. The van der Waals surface area contributed by atoms with E-state index in [4.69, 9.17) is 0 Å². The van der Waals surface area contributed by atoms with Crippen molar-refractivity contribution in [3.05, 3.63) is 69.0 Å². The second-order valence-electron chi connectivity index (χ2n) is 4.88. The number of rotatable bonds is 2. The molecule has 1 aliphatic heterocycles. The lowest BCUT2D eigenvalue weighted by Crippen LogP contribution is -2.19. The van der Waals surface area contributed by atoms with Crippen molar-refractivity contribution in [2.24, 2.45) is 4.99 Å². The van der Waals surface area contributed by atoms with Gasteiger partial charge in [0.05, 0.1) is 10.6 Å². The molecule has 0 atom stereocenters. The van der Waals surface area contributed by atoms with Crippen LogP contribution in [-0.2, 0) is 4.79 Å². The van der Waals surface area contributed by atoms with Gasteiger partial charge in [-0.2, -0.15) is 0 Å². The molecule has 0 aliphatic carbocycles. The molecule has 1 saturated heterocycles. The molecule has 0 spiro atoms. The van der Waals surface area contributed by atoms with Crippen LogP contribution in [0.5, 0.6) is 0 Å². The Bertz CT molecular complexity index is 799. The van der Waals surface area contributed by atoms with Crippen LogP contribution in [0.1, 0.15) is 11.1 Å². The Morgan fingerprint density at radius 2 is 2.00 bits per heavy atom. The van der Waals surface area contributed by atoms with Crippen molar-refractivity contribution in [2.45, 2.75) is 6.92 Å². The van der Waals surface area contributed by atoms with E-state index in [1.807, 2.05) is 61.5 Å². The lowest BCUT2D eigenvalue weighted by Gasteiger charge is -1.97. The van der Waals surface area contributed by atoms with Crippen molar-refractivity contribution in [3.63, 3.8) is 0 Å². The van der Waals surface area contributed by atoms with Crippen molar-refractivity contribution < 1.29 is 4.79 Å². The lowest BCUT2D eigenvalue weighted by molar-refractivity contribution is -0.115. The van der Waals surface area contributed by atoms with Gasteiger partial charge < -0.3 is 5.32 Å². The van der Waals surface area contributed by atoms with Crippen LogP contribution in [0.25, 0.3) is 6.08 Å². The maximum absolute atomic E-state index is 12.0. The van der Waals surface area contributed by atoms with E-state index < -0.39 is 0 Å². The van der Waals surface area contributed by atoms with Crippen LogP contribution in [0.15, 0.2) is 62.9 Å². The SMILES string of the molecule is Cc1cccc(N=C2NC(=O)/C(=C/c3cccc(Br)c3)S2)c1. The second kappa shape index (κ2) is 6.50. The number of aliphatic imine (C=N–C) groups is 1. The number of benzene rings is 2. The first kappa shape index (κ1) is 15.1. The highest BCUT2D eigenvalue weighted by Gasteiger charge is 2.23. The third-order valence-electron chi connectivity index (χ3n) is 3.03. The van der Waals surface area contributed by atoms with Gasteiger partial charge in [-0.3, -0.25) is 4.79 Å². The summed E-state index contributed by atoms with van der Waals surface area (Å²) in [5, 5.41) is 3.41. The molecule has 0 aromatic heterocycles. The average molecular weight is 373 g/mol. The zero-order valence-electron chi connectivity index (χ0n) is 11.8. The molecule has 1 fully saturated rings. The fraction of sp³-hybridized carbons (Fsp3) is 0.0588. The summed E-state index contributed by atoms with van der Waals surface area (Å²) < 4.78 is 0.985. The van der Waals surface area contributed by atoms with Crippen LogP contribution in [0, 0.1) is 6.92 Å². The molecule has 5 heteroatoms. The normalized spacial score (nSPS) is 18.0. The fourth-order valence-corrected chi connectivity index (χ4v) is 3.30. The van der Waals surface area contributed by atoms with Crippen LogP contribution < -0.4 is 5.32 Å². The van der Waals surface area contributed by atoms with Crippen LogP contribution in [-0.4, -0.2) is 11.1 Å². The molecule has 3 nitrogen and oxygen atoms in total. The van der Waals surface area contributed by atoms with Gasteiger partial charge >= 0.3 is 0 Å². The number of hydrogen-bond donors (Lipinski definition) is 1. The molecule has 110 valence electrons. The zero-order chi connectivity index (χ0) is 15.5. The minimum atomic E-state index is -0.114. The van der Waals surface area contributed by atoms with Gasteiger partial charge in [0.25, 0.3) is 5.91 Å². The maximum Gasteiger partial charge on any atom is 0.264 e. The van der Waals surface area contributed by atoms with Gasteiger partial charge in [-0.05, 0) is 60.2 Å². The maximum atomic E-state index is 12.0. The van der Waals surface area contributed by atoms with E-state index in [0.717, 1.165) is 21.3 Å². The highest BCUT2D eigenvalue weighted by molar-refractivity contribution is 9.10. The second-order valence-corrected chi connectivity index (χ2v) is 6.82. The molecule has 0 unspecified atom stereocenters. The first-order valence-corrected chi connectivity index (χ1v) is 8.33. The molecule has 0 bridgehead atoms. The number of aryl methyl sites for hydroxylation is 1. The fourth-order valence-electron chi connectivity index (χ4n) is 2.04. The Labute approximate surface area is 141 Å². The van der Waals surface area contributed by atoms with E-state index in [0.29, 0.717) is 10.1 Å². The van der Waals surface area contributed by atoms with Crippen molar-refractivity contribution in [1.82, 2.24) is 5.32 Å². The molecule has 2 aromatic carbocycles. The van der Waals surface area contributed by atoms with Gasteiger partial charge in [0.15, 0.2) is 5.17 Å². The standard InChI is InChI=1S/C17H13BrN2OS/c1-11-4-2-7-14(8-11)19-17-20-16(21)15(22-17)10-12-5-3-6-13(18)9-12/h2-10H,1H3,(H,19,20,21)/b15-10-. The molecule has 0 radical (unpaired) electrons. The van der Waals surface area contributed by atoms with Gasteiger partial charge in [0, 0.05) is 4.47 Å². The summed E-state index contributed by atoms with van der Waals surface area (Å²) in [6, 6.07) is 15.7. The highest BCUT2D eigenvalue weighted by Crippen LogP contribution is 2.28. The van der Waals surface area contributed by atoms with Crippen molar-refractivity contribution in [3.8, 4) is 0 Å². The molecule has 1 aliphatic rings. The largest absolute Gasteiger partial charge is 0.300 e. The van der Waals surface area contributed by atoms with Crippen LogP contribution in [0.3, 0.4) is 0 Å². The number of amidine groups is 1. The van der Waals surface area contributed by atoms with Gasteiger partial charge in [-0.1, -0.05) is 40.2 Å². The van der Waals surface area contributed by atoms with Crippen LogP contribution in [0.4, 0.5) is 5.69 Å². The predicted octanol–water partition coefficient (Wildman–Crippen LogP) is 4.65. The van der Waals surface area contributed by atoms with E-state index in [9.17, 15) is 4.79 Å². The van der Waals surface area contributed by atoms with Crippen molar-refractivity contribution in [1.29, 1.82) is 0 Å². The van der Waals surface area contributed by atoms with Gasteiger partial charge in [-0.25, -0.2) is 4.99 Å². The lowest BCUT2D eigenvalue weighted by atomic mass is 10.2. The third kappa shape index (κ3) is 3.67. The Kier molecular flexibility index (Phi) is 4.45. The summed E-state index contributed by atoms with van der Waals surface area (Å²) in [5.74, 6) is -0.114. The minimum absolute atomic E-state index is 0.114. The Morgan fingerprint density at radius 1 is 1.18 bits per heavy atom. The highest BCUT2D eigenvalue weighted by atomic mass is 79.9. The van der Waals surface area contributed by atoms with E-state index in [-0.39, 0.29) is 5.91 Å². The quantitative estimate of drug-likeness (QED) is 0.779. The Hall–Kier alpha value is -1.85. The summed E-state index contributed by atoms with van der Waals surface area (Å²) in [7, 11) is 0.